The zero-order valence-electron chi connectivity index (χ0n) is 30.2. The molecule has 254 valence electrons. The smallest absolute Gasteiger partial charge is 0.0537 e. The Kier molecular flexibility index (Phi) is 10.3. The van der Waals surface area contributed by atoms with Crippen molar-refractivity contribution in [3.8, 4) is 27.9 Å². The second kappa shape index (κ2) is 15.7. The maximum absolute atomic E-state index is 3.91. The van der Waals surface area contributed by atoms with Gasteiger partial charge in [-0.1, -0.05) is 141 Å². The molecule has 0 bridgehead atoms. The molecule has 7 aromatic rings. The number of para-hydroxylation sites is 1. The van der Waals surface area contributed by atoms with Crippen LogP contribution in [0.2, 0.25) is 0 Å². The minimum absolute atomic E-state index is 0.986. The predicted octanol–water partition coefficient (Wildman–Crippen LogP) is 14.2. The lowest BCUT2D eigenvalue weighted by Crippen LogP contribution is -2.10. The number of fused-ring (bicyclic) bond motifs is 1. The van der Waals surface area contributed by atoms with Crippen LogP contribution in [0.1, 0.15) is 37.6 Å². The van der Waals surface area contributed by atoms with Crippen molar-refractivity contribution in [2.24, 2.45) is 0 Å². The van der Waals surface area contributed by atoms with Crippen LogP contribution < -0.4 is 4.90 Å². The van der Waals surface area contributed by atoms with Crippen molar-refractivity contribution in [2.75, 3.05) is 4.90 Å². The standard InChI is InChI=1S/C50H44N2/c1-5-14-37(15-6-2)39-21-29-43(30-22-39)51(44-31-23-40(24-32-44)38-17-10-9-11-18-38)45-33-25-41(26-34-45)42-27-35-46(36-28-42)52-49(16-7-3)47(8-4)48-19-12-13-20-50(48)52/h5-7,9-36H,1,8H2,2-4H3/b15-6-,16-7-,37-14+. The molecule has 2 heteroatoms. The van der Waals surface area contributed by atoms with E-state index in [0.717, 1.165) is 34.6 Å². The lowest BCUT2D eigenvalue weighted by Gasteiger charge is -2.26. The molecule has 6 aromatic carbocycles. The minimum atomic E-state index is 0.986. The normalized spacial score (nSPS) is 11.9. The zero-order chi connectivity index (χ0) is 35.9. The Morgan fingerprint density at radius 1 is 0.596 bits per heavy atom. The number of hydrogen-bond donors (Lipinski definition) is 0. The molecule has 52 heavy (non-hydrogen) atoms. The summed E-state index contributed by atoms with van der Waals surface area (Å²) in [5, 5.41) is 1.32. The number of aryl methyl sites for hydroxylation is 1. The molecular weight excluding hydrogens is 629 g/mol. The van der Waals surface area contributed by atoms with Crippen LogP contribution in [0, 0.1) is 0 Å². The van der Waals surface area contributed by atoms with Crippen molar-refractivity contribution in [3.63, 3.8) is 0 Å². The maximum Gasteiger partial charge on any atom is 0.0537 e. The summed E-state index contributed by atoms with van der Waals surface area (Å²) in [6.45, 7) is 10.3. The summed E-state index contributed by atoms with van der Waals surface area (Å²) in [5.74, 6) is 0. The second-order valence-corrected chi connectivity index (χ2v) is 12.8. The van der Waals surface area contributed by atoms with E-state index in [4.69, 9.17) is 0 Å². The summed E-state index contributed by atoms with van der Waals surface area (Å²) in [7, 11) is 0. The molecule has 0 saturated carbocycles. The fraction of sp³-hybridized carbons (Fsp3) is 0.0800. The molecule has 1 aromatic heterocycles. The molecule has 0 unspecified atom stereocenters. The third-order valence-electron chi connectivity index (χ3n) is 9.62. The van der Waals surface area contributed by atoms with Gasteiger partial charge in [-0.05, 0) is 120 Å². The van der Waals surface area contributed by atoms with Crippen LogP contribution in [-0.4, -0.2) is 4.57 Å². The van der Waals surface area contributed by atoms with Crippen molar-refractivity contribution in [2.45, 2.75) is 27.2 Å². The van der Waals surface area contributed by atoms with Gasteiger partial charge in [0.2, 0.25) is 0 Å². The van der Waals surface area contributed by atoms with Gasteiger partial charge in [-0.3, -0.25) is 0 Å². The number of benzene rings is 6. The van der Waals surface area contributed by atoms with E-state index in [1.165, 1.54) is 50.1 Å². The van der Waals surface area contributed by atoms with Gasteiger partial charge in [0, 0.05) is 33.8 Å². The molecule has 0 atom stereocenters. The van der Waals surface area contributed by atoms with E-state index in [9.17, 15) is 0 Å². The van der Waals surface area contributed by atoms with Crippen molar-refractivity contribution in [3.05, 3.63) is 205 Å². The van der Waals surface area contributed by atoms with Gasteiger partial charge < -0.3 is 9.47 Å². The molecule has 0 aliphatic heterocycles. The van der Waals surface area contributed by atoms with E-state index in [0.29, 0.717) is 0 Å². The SMILES string of the molecule is C=C/C=C(\C=C/C)c1ccc(N(c2ccc(-c3ccccc3)cc2)c2ccc(-c3ccc(-n4c(/C=C\C)c(CC)c5ccccc54)cc3)cc2)cc1. The number of rotatable bonds is 11. The number of aromatic nitrogens is 1. The summed E-state index contributed by atoms with van der Waals surface area (Å²) in [6.07, 6.45) is 13.4. The van der Waals surface area contributed by atoms with Gasteiger partial charge in [-0.15, -0.1) is 0 Å². The first-order valence-electron chi connectivity index (χ1n) is 18.1. The molecule has 7 rings (SSSR count). The molecule has 1 heterocycles. The first-order valence-corrected chi connectivity index (χ1v) is 18.1. The largest absolute Gasteiger partial charge is 0.311 e. The Morgan fingerprint density at radius 2 is 1.12 bits per heavy atom. The number of anilines is 3. The quantitative estimate of drug-likeness (QED) is 0.124. The van der Waals surface area contributed by atoms with Gasteiger partial charge in [0.1, 0.15) is 0 Å². The van der Waals surface area contributed by atoms with Gasteiger partial charge in [-0.25, -0.2) is 0 Å². The summed E-state index contributed by atoms with van der Waals surface area (Å²) in [6, 6.07) is 54.7. The first kappa shape index (κ1) is 34.1. The van der Waals surface area contributed by atoms with E-state index < -0.39 is 0 Å². The molecule has 0 saturated heterocycles. The highest BCUT2D eigenvalue weighted by molar-refractivity contribution is 5.90. The van der Waals surface area contributed by atoms with E-state index in [1.54, 1.807) is 0 Å². The topological polar surface area (TPSA) is 8.17 Å². The Labute approximate surface area is 308 Å². The molecule has 0 aliphatic rings. The highest BCUT2D eigenvalue weighted by Crippen LogP contribution is 2.38. The van der Waals surface area contributed by atoms with Crippen LogP contribution in [0.3, 0.4) is 0 Å². The van der Waals surface area contributed by atoms with Crippen LogP contribution in [-0.2, 0) is 6.42 Å². The average molecular weight is 673 g/mol. The van der Waals surface area contributed by atoms with E-state index in [-0.39, 0.29) is 0 Å². The molecule has 0 radical (unpaired) electrons. The van der Waals surface area contributed by atoms with Crippen molar-refractivity contribution in [1.29, 1.82) is 0 Å². The Balaban J connectivity index is 1.23. The molecular formula is C50H44N2. The van der Waals surface area contributed by atoms with Crippen molar-refractivity contribution >= 4 is 39.6 Å². The summed E-state index contributed by atoms with van der Waals surface area (Å²) >= 11 is 0. The lowest BCUT2D eigenvalue weighted by atomic mass is 10.0. The number of nitrogens with zero attached hydrogens (tertiary/aromatic N) is 2. The van der Waals surface area contributed by atoms with Gasteiger partial charge in [-0.2, -0.15) is 0 Å². The van der Waals surface area contributed by atoms with E-state index >= 15 is 0 Å². The number of allylic oxidation sites excluding steroid dienone is 6. The Bertz CT molecular complexity index is 2370. The van der Waals surface area contributed by atoms with Crippen LogP contribution in [0.15, 0.2) is 189 Å². The lowest BCUT2D eigenvalue weighted by molar-refractivity contribution is 1.06. The monoisotopic (exact) mass is 672 g/mol. The molecule has 0 fully saturated rings. The fourth-order valence-corrected chi connectivity index (χ4v) is 7.15. The molecule has 0 spiro atoms. The summed E-state index contributed by atoms with van der Waals surface area (Å²) in [5.41, 5.74) is 15.4. The van der Waals surface area contributed by atoms with Gasteiger partial charge in [0.05, 0.1) is 5.52 Å². The summed E-state index contributed by atoms with van der Waals surface area (Å²) < 4.78 is 2.39. The third-order valence-corrected chi connectivity index (χ3v) is 9.62. The Morgan fingerprint density at radius 3 is 1.65 bits per heavy atom. The highest BCUT2D eigenvalue weighted by Gasteiger charge is 2.16. The van der Waals surface area contributed by atoms with Crippen molar-refractivity contribution < 1.29 is 0 Å². The molecule has 0 aliphatic carbocycles. The predicted molar refractivity (Wildman–Crippen MR) is 226 cm³/mol. The fourth-order valence-electron chi connectivity index (χ4n) is 7.15. The second-order valence-electron chi connectivity index (χ2n) is 12.8. The van der Waals surface area contributed by atoms with Gasteiger partial charge in [0.15, 0.2) is 0 Å². The zero-order valence-corrected chi connectivity index (χ0v) is 30.2. The van der Waals surface area contributed by atoms with Crippen LogP contribution in [0.4, 0.5) is 17.1 Å². The molecule has 2 nitrogen and oxygen atoms in total. The van der Waals surface area contributed by atoms with Gasteiger partial charge in [0.25, 0.3) is 0 Å². The highest BCUT2D eigenvalue weighted by atomic mass is 15.1. The first-order chi connectivity index (χ1) is 25.6. The Hall–Kier alpha value is -6.38. The maximum atomic E-state index is 3.91. The van der Waals surface area contributed by atoms with E-state index in [1.807, 2.05) is 19.1 Å². The van der Waals surface area contributed by atoms with Gasteiger partial charge >= 0.3 is 0 Å². The summed E-state index contributed by atoms with van der Waals surface area (Å²) in [4.78, 5) is 2.32. The average Bonchev–Trinajstić information content (AvgIpc) is 3.52. The van der Waals surface area contributed by atoms with Crippen molar-refractivity contribution in [1.82, 2.24) is 4.57 Å². The minimum Gasteiger partial charge on any atom is -0.311 e. The van der Waals surface area contributed by atoms with E-state index in [2.05, 4.69) is 206 Å². The van der Waals surface area contributed by atoms with Crippen LogP contribution >= 0.6 is 0 Å². The number of hydrogen-bond acceptors (Lipinski definition) is 1. The van der Waals surface area contributed by atoms with Crippen LogP contribution in [0.25, 0.3) is 50.5 Å². The third kappa shape index (κ3) is 6.84. The molecule has 0 amide bonds. The van der Waals surface area contributed by atoms with Crippen LogP contribution in [0.5, 0.6) is 0 Å². The molecule has 0 N–H and O–H groups in total.